The summed E-state index contributed by atoms with van der Waals surface area (Å²) in [5, 5.41) is 6.46. The van der Waals surface area contributed by atoms with E-state index >= 15 is 0 Å². The van der Waals surface area contributed by atoms with Crippen molar-refractivity contribution in [2.45, 2.75) is 32.7 Å². The normalized spacial score (nSPS) is 36.1. The van der Waals surface area contributed by atoms with Crippen molar-refractivity contribution < 1.29 is 4.79 Å². The molecule has 0 spiro atoms. The van der Waals surface area contributed by atoms with E-state index in [4.69, 9.17) is 0 Å². The van der Waals surface area contributed by atoms with E-state index in [0.717, 1.165) is 19.1 Å². The van der Waals surface area contributed by atoms with Gasteiger partial charge in [-0.2, -0.15) is 0 Å². The van der Waals surface area contributed by atoms with E-state index in [1.165, 1.54) is 12.8 Å². The van der Waals surface area contributed by atoms with Gasteiger partial charge in [-0.15, -0.1) is 0 Å². The van der Waals surface area contributed by atoms with Gasteiger partial charge in [0.15, 0.2) is 0 Å². The maximum atomic E-state index is 11.3. The van der Waals surface area contributed by atoms with Crippen molar-refractivity contribution in [3.63, 3.8) is 0 Å². The quantitative estimate of drug-likeness (QED) is 0.667. The standard InChI is InChI=1S/C10H18N2O/c1-7(2)9(13)12-6-10-3-8(4-10)11-5-10/h7-8,11H,3-6H2,1-2H3,(H,12,13). The summed E-state index contributed by atoms with van der Waals surface area (Å²) in [5.41, 5.74) is 0.412. The summed E-state index contributed by atoms with van der Waals surface area (Å²) in [6.45, 7) is 5.83. The molecule has 0 aromatic heterocycles. The molecule has 3 fully saturated rings. The van der Waals surface area contributed by atoms with E-state index in [1.807, 2.05) is 13.8 Å². The third-order valence-electron chi connectivity index (χ3n) is 3.29. The number of carbonyl (C=O) groups excluding carboxylic acids is 1. The van der Waals surface area contributed by atoms with Gasteiger partial charge in [-0.25, -0.2) is 0 Å². The van der Waals surface area contributed by atoms with Crippen LogP contribution in [0.25, 0.3) is 0 Å². The van der Waals surface area contributed by atoms with Crippen molar-refractivity contribution in [2.75, 3.05) is 13.1 Å². The number of fused-ring (bicyclic) bond motifs is 1. The summed E-state index contributed by atoms with van der Waals surface area (Å²) < 4.78 is 0. The van der Waals surface area contributed by atoms with Crippen LogP contribution in [0.2, 0.25) is 0 Å². The molecule has 0 unspecified atom stereocenters. The molecular formula is C10H18N2O. The zero-order valence-electron chi connectivity index (χ0n) is 8.39. The fourth-order valence-corrected chi connectivity index (χ4v) is 2.32. The highest BCUT2D eigenvalue weighted by Crippen LogP contribution is 2.45. The van der Waals surface area contributed by atoms with Crippen LogP contribution in [0, 0.1) is 11.3 Å². The summed E-state index contributed by atoms with van der Waals surface area (Å²) in [4.78, 5) is 11.3. The van der Waals surface area contributed by atoms with Crippen LogP contribution < -0.4 is 10.6 Å². The van der Waals surface area contributed by atoms with Crippen molar-refractivity contribution in [1.82, 2.24) is 10.6 Å². The predicted octanol–water partition coefficient (Wildman–Crippen LogP) is 0.511. The highest BCUT2D eigenvalue weighted by atomic mass is 16.1. The molecule has 2 saturated heterocycles. The van der Waals surface area contributed by atoms with Crippen molar-refractivity contribution in [1.29, 1.82) is 0 Å². The minimum Gasteiger partial charge on any atom is -0.355 e. The number of hydrogen-bond donors (Lipinski definition) is 2. The van der Waals surface area contributed by atoms with Gasteiger partial charge in [0.05, 0.1) is 0 Å². The molecule has 1 saturated carbocycles. The van der Waals surface area contributed by atoms with Crippen LogP contribution in [-0.2, 0) is 4.79 Å². The van der Waals surface area contributed by atoms with Crippen molar-refractivity contribution in [2.24, 2.45) is 11.3 Å². The topological polar surface area (TPSA) is 41.1 Å². The zero-order chi connectivity index (χ0) is 9.47. The molecule has 0 radical (unpaired) electrons. The number of carbonyl (C=O) groups is 1. The van der Waals surface area contributed by atoms with Crippen LogP contribution in [-0.4, -0.2) is 25.0 Å². The van der Waals surface area contributed by atoms with Crippen LogP contribution >= 0.6 is 0 Å². The van der Waals surface area contributed by atoms with Gasteiger partial charge in [-0.3, -0.25) is 4.79 Å². The van der Waals surface area contributed by atoms with Crippen LogP contribution in [0.5, 0.6) is 0 Å². The molecule has 3 rings (SSSR count). The molecule has 2 aliphatic heterocycles. The lowest BCUT2D eigenvalue weighted by Gasteiger charge is -2.37. The van der Waals surface area contributed by atoms with Crippen molar-refractivity contribution in [3.05, 3.63) is 0 Å². The lowest BCUT2D eigenvalue weighted by atomic mass is 9.70. The summed E-state index contributed by atoms with van der Waals surface area (Å²) >= 11 is 0. The first-order chi connectivity index (χ1) is 6.11. The van der Waals surface area contributed by atoms with Gasteiger partial charge < -0.3 is 10.6 Å². The molecule has 0 atom stereocenters. The lowest BCUT2D eigenvalue weighted by Crippen LogP contribution is -2.44. The number of rotatable bonds is 3. The first-order valence-corrected chi connectivity index (χ1v) is 5.12. The fraction of sp³-hybridized carbons (Fsp3) is 0.900. The molecule has 2 bridgehead atoms. The summed E-state index contributed by atoms with van der Waals surface area (Å²) in [7, 11) is 0. The Morgan fingerprint density at radius 2 is 2.31 bits per heavy atom. The SMILES string of the molecule is CC(C)C(=O)NCC12CNC(C1)C2. The molecule has 0 aromatic rings. The molecule has 1 aliphatic carbocycles. The van der Waals surface area contributed by atoms with Gasteiger partial charge >= 0.3 is 0 Å². The van der Waals surface area contributed by atoms with Gasteiger partial charge in [-0.1, -0.05) is 13.8 Å². The largest absolute Gasteiger partial charge is 0.355 e. The molecule has 2 heterocycles. The van der Waals surface area contributed by atoms with E-state index in [2.05, 4.69) is 10.6 Å². The smallest absolute Gasteiger partial charge is 0.222 e. The lowest BCUT2D eigenvalue weighted by molar-refractivity contribution is -0.124. The van der Waals surface area contributed by atoms with Crippen molar-refractivity contribution >= 4 is 5.91 Å². The van der Waals surface area contributed by atoms with E-state index in [1.54, 1.807) is 0 Å². The molecule has 74 valence electrons. The van der Waals surface area contributed by atoms with Gasteiger partial charge in [-0.05, 0) is 12.8 Å². The van der Waals surface area contributed by atoms with E-state index in [-0.39, 0.29) is 11.8 Å². The first-order valence-electron chi connectivity index (χ1n) is 5.12. The summed E-state index contributed by atoms with van der Waals surface area (Å²) in [6.07, 6.45) is 2.51. The third-order valence-corrected chi connectivity index (χ3v) is 3.29. The van der Waals surface area contributed by atoms with Crippen LogP contribution in [0.15, 0.2) is 0 Å². The Kier molecular flexibility index (Phi) is 2.06. The second kappa shape index (κ2) is 2.98. The van der Waals surface area contributed by atoms with Gasteiger partial charge in [0.2, 0.25) is 5.91 Å². The molecule has 0 aromatic carbocycles. The summed E-state index contributed by atoms with van der Waals surface area (Å²) in [5.74, 6) is 0.298. The average molecular weight is 182 g/mol. The van der Waals surface area contributed by atoms with Crippen LogP contribution in [0.1, 0.15) is 26.7 Å². The minimum atomic E-state index is 0.113. The summed E-state index contributed by atoms with van der Waals surface area (Å²) in [6, 6.07) is 0.746. The van der Waals surface area contributed by atoms with E-state index in [0.29, 0.717) is 5.41 Å². The predicted molar refractivity (Wildman–Crippen MR) is 51.3 cm³/mol. The molecule has 3 aliphatic rings. The molecule has 13 heavy (non-hydrogen) atoms. The number of hydrogen-bond acceptors (Lipinski definition) is 2. The molecule has 1 amide bonds. The zero-order valence-corrected chi connectivity index (χ0v) is 8.39. The third kappa shape index (κ3) is 1.57. The van der Waals surface area contributed by atoms with Gasteiger partial charge in [0.1, 0.15) is 0 Å². The fourth-order valence-electron chi connectivity index (χ4n) is 2.32. The number of amides is 1. The maximum absolute atomic E-state index is 11.3. The van der Waals surface area contributed by atoms with Crippen LogP contribution in [0.4, 0.5) is 0 Å². The highest BCUT2D eigenvalue weighted by Gasteiger charge is 2.50. The molecule has 2 N–H and O–H groups in total. The van der Waals surface area contributed by atoms with Crippen LogP contribution in [0.3, 0.4) is 0 Å². The van der Waals surface area contributed by atoms with Crippen molar-refractivity contribution in [3.8, 4) is 0 Å². The van der Waals surface area contributed by atoms with E-state index in [9.17, 15) is 4.79 Å². The number of nitrogens with one attached hydrogen (secondary N) is 2. The Hall–Kier alpha value is -0.570. The average Bonchev–Trinajstić information content (AvgIpc) is 2.57. The monoisotopic (exact) mass is 182 g/mol. The second-order valence-electron chi connectivity index (χ2n) is 4.86. The Morgan fingerprint density at radius 1 is 1.62 bits per heavy atom. The molecular weight excluding hydrogens is 164 g/mol. The Labute approximate surface area is 79.3 Å². The molecule has 3 nitrogen and oxygen atoms in total. The Morgan fingerprint density at radius 3 is 2.77 bits per heavy atom. The molecule has 3 heteroatoms. The minimum absolute atomic E-state index is 0.113. The van der Waals surface area contributed by atoms with Gasteiger partial charge in [0.25, 0.3) is 0 Å². The Bertz CT molecular complexity index is 213. The second-order valence-corrected chi connectivity index (χ2v) is 4.86. The van der Waals surface area contributed by atoms with Gasteiger partial charge in [0, 0.05) is 30.5 Å². The maximum Gasteiger partial charge on any atom is 0.222 e. The first kappa shape index (κ1) is 9.00. The Balaban J connectivity index is 1.77. The highest BCUT2D eigenvalue weighted by molar-refractivity contribution is 5.77. The van der Waals surface area contributed by atoms with E-state index < -0.39 is 0 Å².